The third kappa shape index (κ3) is 3.11. The van der Waals surface area contributed by atoms with E-state index < -0.39 is 12.3 Å². The molecule has 3 rings (SSSR count). The topological polar surface area (TPSA) is 34.4 Å². The van der Waals surface area contributed by atoms with Gasteiger partial charge in [-0.25, -0.2) is 0 Å². The third-order valence-electron chi connectivity index (χ3n) is 4.67. The van der Waals surface area contributed by atoms with Gasteiger partial charge in [-0.15, -0.1) is 0 Å². The SMILES string of the molecule is OC(c1ccn(CC2CCC3(CCCC3)O2)c1)C(F)(F)F. The van der Waals surface area contributed by atoms with Crippen molar-refractivity contribution >= 4 is 0 Å². The van der Waals surface area contributed by atoms with Crippen LogP contribution >= 0.6 is 0 Å². The summed E-state index contributed by atoms with van der Waals surface area (Å²) >= 11 is 0. The number of nitrogens with zero attached hydrogens (tertiary/aromatic N) is 1. The van der Waals surface area contributed by atoms with E-state index in [0.29, 0.717) is 6.54 Å². The summed E-state index contributed by atoms with van der Waals surface area (Å²) in [6, 6.07) is 1.32. The number of ether oxygens (including phenoxy) is 1. The van der Waals surface area contributed by atoms with Crippen LogP contribution in [0.5, 0.6) is 0 Å². The molecule has 1 N–H and O–H groups in total. The van der Waals surface area contributed by atoms with Gasteiger partial charge in [0, 0.05) is 24.5 Å². The molecule has 2 aliphatic rings. The van der Waals surface area contributed by atoms with Crippen molar-refractivity contribution in [2.24, 2.45) is 0 Å². The molecular formula is C15H20F3NO2. The average molecular weight is 303 g/mol. The fraction of sp³-hybridized carbons (Fsp3) is 0.733. The van der Waals surface area contributed by atoms with Crippen LogP contribution in [0, 0.1) is 0 Å². The average Bonchev–Trinajstić information content (AvgIpc) is 3.12. The molecule has 0 radical (unpaired) electrons. The second-order valence-electron chi connectivity index (χ2n) is 6.25. The Morgan fingerprint density at radius 1 is 1.33 bits per heavy atom. The molecule has 1 saturated heterocycles. The number of aromatic nitrogens is 1. The molecular weight excluding hydrogens is 283 g/mol. The number of alkyl halides is 3. The maximum atomic E-state index is 12.5. The first-order chi connectivity index (χ1) is 9.88. The second-order valence-corrected chi connectivity index (χ2v) is 6.25. The molecule has 0 aromatic carbocycles. The summed E-state index contributed by atoms with van der Waals surface area (Å²) in [5.41, 5.74) is -0.0809. The van der Waals surface area contributed by atoms with Crippen molar-refractivity contribution < 1.29 is 23.0 Å². The Bertz CT molecular complexity index is 491. The lowest BCUT2D eigenvalue weighted by Gasteiger charge is -2.24. The van der Waals surface area contributed by atoms with Crippen molar-refractivity contribution in [2.45, 2.75) is 69.1 Å². The maximum Gasteiger partial charge on any atom is 0.418 e. The quantitative estimate of drug-likeness (QED) is 0.926. The van der Waals surface area contributed by atoms with Crippen molar-refractivity contribution in [1.82, 2.24) is 4.57 Å². The van der Waals surface area contributed by atoms with Gasteiger partial charge >= 0.3 is 6.18 Å². The standard InChI is InChI=1S/C15H20F3NO2/c16-15(17,18)13(20)11-4-8-19(9-11)10-12-3-7-14(21-12)5-1-2-6-14/h4,8-9,12-13,20H,1-3,5-7,10H2. The van der Waals surface area contributed by atoms with Crippen LogP contribution in [0.1, 0.15) is 50.2 Å². The molecule has 1 spiro atoms. The van der Waals surface area contributed by atoms with E-state index in [1.165, 1.54) is 25.1 Å². The molecule has 1 aromatic rings. The van der Waals surface area contributed by atoms with Gasteiger partial charge in [-0.3, -0.25) is 0 Å². The zero-order chi connectivity index (χ0) is 15.1. The highest BCUT2D eigenvalue weighted by Gasteiger charge is 2.42. The number of halogens is 3. The Kier molecular flexibility index (Phi) is 3.78. The molecule has 21 heavy (non-hydrogen) atoms. The summed E-state index contributed by atoms with van der Waals surface area (Å²) in [5.74, 6) is 0. The summed E-state index contributed by atoms with van der Waals surface area (Å²) in [5, 5.41) is 9.23. The van der Waals surface area contributed by atoms with Crippen LogP contribution in [0.4, 0.5) is 13.2 Å². The predicted molar refractivity (Wildman–Crippen MR) is 70.8 cm³/mol. The lowest BCUT2D eigenvalue weighted by molar-refractivity contribution is -0.206. The van der Waals surface area contributed by atoms with Gasteiger partial charge in [0.1, 0.15) is 0 Å². The van der Waals surface area contributed by atoms with E-state index in [-0.39, 0.29) is 17.3 Å². The summed E-state index contributed by atoms with van der Waals surface area (Å²) in [6.07, 6.45) is 2.59. The first-order valence-electron chi connectivity index (χ1n) is 7.46. The van der Waals surface area contributed by atoms with E-state index in [1.54, 1.807) is 10.8 Å². The van der Waals surface area contributed by atoms with Gasteiger partial charge in [0.25, 0.3) is 0 Å². The Hall–Kier alpha value is -1.01. The fourth-order valence-electron chi connectivity index (χ4n) is 3.57. The lowest BCUT2D eigenvalue weighted by atomic mass is 9.98. The highest BCUT2D eigenvalue weighted by Crippen LogP contribution is 2.43. The number of aliphatic hydroxyl groups excluding tert-OH is 1. The number of hydrogen-bond acceptors (Lipinski definition) is 2. The maximum absolute atomic E-state index is 12.5. The van der Waals surface area contributed by atoms with Gasteiger partial charge < -0.3 is 14.4 Å². The largest absolute Gasteiger partial charge is 0.418 e. The van der Waals surface area contributed by atoms with Gasteiger partial charge in [-0.1, -0.05) is 12.8 Å². The van der Waals surface area contributed by atoms with E-state index in [2.05, 4.69) is 0 Å². The van der Waals surface area contributed by atoms with Gasteiger partial charge in [0.05, 0.1) is 11.7 Å². The van der Waals surface area contributed by atoms with E-state index in [1.807, 2.05) is 0 Å². The normalized spacial score (nSPS) is 26.6. The number of aliphatic hydroxyl groups is 1. The van der Waals surface area contributed by atoms with Crippen molar-refractivity contribution in [3.8, 4) is 0 Å². The lowest BCUT2D eigenvalue weighted by Crippen LogP contribution is -2.26. The Morgan fingerprint density at radius 2 is 2.05 bits per heavy atom. The molecule has 1 saturated carbocycles. The second kappa shape index (κ2) is 5.32. The molecule has 2 atom stereocenters. The van der Waals surface area contributed by atoms with E-state index in [4.69, 9.17) is 4.74 Å². The minimum atomic E-state index is -4.62. The number of hydrogen-bond donors (Lipinski definition) is 1. The summed E-state index contributed by atoms with van der Waals surface area (Å²) < 4.78 is 45.2. The van der Waals surface area contributed by atoms with Crippen LogP contribution in [0.2, 0.25) is 0 Å². The van der Waals surface area contributed by atoms with Gasteiger partial charge in [0.2, 0.25) is 0 Å². The van der Waals surface area contributed by atoms with Crippen LogP contribution < -0.4 is 0 Å². The molecule has 2 heterocycles. The monoisotopic (exact) mass is 303 g/mol. The first kappa shape index (κ1) is 14.9. The third-order valence-corrected chi connectivity index (χ3v) is 4.67. The van der Waals surface area contributed by atoms with E-state index in [0.717, 1.165) is 25.7 Å². The van der Waals surface area contributed by atoms with Gasteiger partial charge in [-0.05, 0) is 31.7 Å². The smallest absolute Gasteiger partial charge is 0.379 e. The number of rotatable bonds is 3. The minimum Gasteiger partial charge on any atom is -0.379 e. The zero-order valence-corrected chi connectivity index (χ0v) is 11.8. The Labute approximate surface area is 121 Å². The van der Waals surface area contributed by atoms with Gasteiger partial charge in [0.15, 0.2) is 6.10 Å². The molecule has 6 heteroatoms. The molecule has 3 nitrogen and oxygen atoms in total. The predicted octanol–water partition coefficient (Wildman–Crippen LogP) is 3.58. The molecule has 2 fully saturated rings. The van der Waals surface area contributed by atoms with Crippen LogP contribution in [0.15, 0.2) is 18.5 Å². The Morgan fingerprint density at radius 3 is 2.71 bits per heavy atom. The first-order valence-corrected chi connectivity index (χ1v) is 7.46. The van der Waals surface area contributed by atoms with E-state index >= 15 is 0 Å². The summed E-state index contributed by atoms with van der Waals surface area (Å²) in [6.45, 7) is 0.548. The van der Waals surface area contributed by atoms with Crippen LogP contribution in [0.25, 0.3) is 0 Å². The summed E-state index contributed by atoms with van der Waals surface area (Å²) in [7, 11) is 0. The summed E-state index contributed by atoms with van der Waals surface area (Å²) in [4.78, 5) is 0. The molecule has 1 aliphatic heterocycles. The van der Waals surface area contributed by atoms with Crippen LogP contribution in [0.3, 0.4) is 0 Å². The molecule has 0 amide bonds. The highest BCUT2D eigenvalue weighted by atomic mass is 19.4. The van der Waals surface area contributed by atoms with Crippen molar-refractivity contribution in [1.29, 1.82) is 0 Å². The molecule has 118 valence electrons. The highest BCUT2D eigenvalue weighted by molar-refractivity contribution is 5.15. The van der Waals surface area contributed by atoms with E-state index in [9.17, 15) is 18.3 Å². The van der Waals surface area contributed by atoms with Crippen molar-refractivity contribution in [3.05, 3.63) is 24.0 Å². The minimum absolute atomic E-state index is 0.0339. The molecule has 1 aliphatic carbocycles. The van der Waals surface area contributed by atoms with Crippen LogP contribution in [-0.2, 0) is 11.3 Å². The molecule has 0 bridgehead atoms. The van der Waals surface area contributed by atoms with Gasteiger partial charge in [-0.2, -0.15) is 13.2 Å². The van der Waals surface area contributed by atoms with Crippen molar-refractivity contribution in [3.63, 3.8) is 0 Å². The zero-order valence-electron chi connectivity index (χ0n) is 11.8. The fourth-order valence-corrected chi connectivity index (χ4v) is 3.57. The Balaban J connectivity index is 1.60. The van der Waals surface area contributed by atoms with Crippen molar-refractivity contribution in [2.75, 3.05) is 0 Å². The van der Waals surface area contributed by atoms with Crippen LogP contribution in [-0.4, -0.2) is 27.6 Å². The molecule has 1 aromatic heterocycles. The molecule has 2 unspecified atom stereocenters.